The molecule has 4 heterocycles. The third kappa shape index (κ3) is 6.09. The molecule has 3 aromatic heterocycles. The first-order valence-corrected chi connectivity index (χ1v) is 13.1. The summed E-state index contributed by atoms with van der Waals surface area (Å²) in [6.45, 7) is 8.04. The second kappa shape index (κ2) is 11.7. The predicted molar refractivity (Wildman–Crippen MR) is 156 cm³/mol. The fraction of sp³-hybridized carbons (Fsp3) is 0.241. The van der Waals surface area contributed by atoms with Crippen LogP contribution in [0.5, 0.6) is 0 Å². The minimum absolute atomic E-state index is 0.0227. The molecule has 9 nitrogen and oxygen atoms in total. The van der Waals surface area contributed by atoms with Gasteiger partial charge in [-0.1, -0.05) is 0 Å². The molecule has 210 valence electrons. The van der Waals surface area contributed by atoms with Crippen molar-refractivity contribution in [2.24, 2.45) is 0 Å². The van der Waals surface area contributed by atoms with Gasteiger partial charge >= 0.3 is 7.12 Å². The topological polar surface area (TPSA) is 125 Å². The maximum absolute atomic E-state index is 14.1. The summed E-state index contributed by atoms with van der Waals surface area (Å²) in [5.41, 5.74) is 12.5. The number of hydrogen-bond acceptors (Lipinski definition) is 9. The fourth-order valence-electron chi connectivity index (χ4n) is 5.19. The number of halogens is 2. The van der Waals surface area contributed by atoms with Gasteiger partial charge in [0.15, 0.2) is 5.82 Å². The Morgan fingerprint density at radius 2 is 1.61 bits per heavy atom. The molecule has 0 radical (unpaired) electrons. The predicted octanol–water partition coefficient (Wildman–Crippen LogP) is 2.43. The van der Waals surface area contributed by atoms with Crippen LogP contribution in [0.2, 0.25) is 0 Å². The van der Waals surface area contributed by atoms with Crippen molar-refractivity contribution in [2.45, 2.75) is 13.8 Å². The first-order valence-electron chi connectivity index (χ1n) is 13.1. The molecule has 4 N–H and O–H groups in total. The minimum atomic E-state index is -1.91. The van der Waals surface area contributed by atoms with Crippen molar-refractivity contribution >= 4 is 35.7 Å². The average molecular weight is 557 g/mol. The number of anilines is 2. The Kier molecular flexibility index (Phi) is 8.07. The van der Waals surface area contributed by atoms with E-state index in [0.29, 0.717) is 22.4 Å². The summed E-state index contributed by atoms with van der Waals surface area (Å²) in [5.74, 6) is -1.42. The number of aromatic nitrogens is 4. The number of pyridine rings is 2. The van der Waals surface area contributed by atoms with Crippen molar-refractivity contribution in [1.29, 1.82) is 0 Å². The molecule has 1 aliphatic rings. The van der Waals surface area contributed by atoms with Crippen LogP contribution in [0, 0.1) is 25.7 Å². The van der Waals surface area contributed by atoms with E-state index < -0.39 is 19.0 Å². The Bertz CT molecular complexity index is 1580. The van der Waals surface area contributed by atoms with Gasteiger partial charge in [0, 0.05) is 72.5 Å². The number of piperazine rings is 1. The lowest BCUT2D eigenvalue weighted by molar-refractivity contribution is 0.312. The normalized spacial score (nSPS) is 14.4. The number of hydrogen-bond donors (Lipinski definition) is 3. The summed E-state index contributed by atoms with van der Waals surface area (Å²) in [4.78, 5) is 12.0. The molecular weight excluding hydrogens is 527 g/mol. The molecule has 4 aromatic rings. The third-order valence-corrected chi connectivity index (χ3v) is 7.27. The minimum Gasteiger partial charge on any atom is -0.423 e. The maximum Gasteiger partial charge on any atom is 0.490 e. The molecule has 5 rings (SSSR count). The van der Waals surface area contributed by atoms with Gasteiger partial charge in [-0.15, -0.1) is 10.2 Å². The summed E-state index contributed by atoms with van der Waals surface area (Å²) in [6.07, 6.45) is 3.87. The number of benzene rings is 1. The first kappa shape index (κ1) is 28.3. The zero-order valence-corrected chi connectivity index (χ0v) is 23.0. The van der Waals surface area contributed by atoms with Gasteiger partial charge in [0.05, 0.1) is 5.69 Å². The van der Waals surface area contributed by atoms with Crippen LogP contribution in [0.15, 0.2) is 48.8 Å². The van der Waals surface area contributed by atoms with E-state index >= 15 is 0 Å². The van der Waals surface area contributed by atoms with Gasteiger partial charge in [-0.2, -0.15) is 8.78 Å². The quantitative estimate of drug-likeness (QED) is 0.242. The van der Waals surface area contributed by atoms with Crippen molar-refractivity contribution in [3.63, 3.8) is 0 Å². The molecule has 0 aliphatic carbocycles. The van der Waals surface area contributed by atoms with Gasteiger partial charge in [0.25, 0.3) is 0 Å². The van der Waals surface area contributed by atoms with Crippen LogP contribution < -0.4 is 16.1 Å². The van der Waals surface area contributed by atoms with Crippen LogP contribution in [0.3, 0.4) is 0 Å². The summed E-state index contributed by atoms with van der Waals surface area (Å²) in [7, 11) is 0.218. The second-order valence-corrected chi connectivity index (χ2v) is 10.2. The highest BCUT2D eigenvalue weighted by molar-refractivity contribution is 6.59. The van der Waals surface area contributed by atoms with Crippen molar-refractivity contribution in [1.82, 2.24) is 25.1 Å². The van der Waals surface area contributed by atoms with Crippen molar-refractivity contribution in [3.8, 4) is 11.3 Å². The fourth-order valence-corrected chi connectivity index (χ4v) is 5.19. The zero-order valence-electron chi connectivity index (χ0n) is 23.0. The summed E-state index contributed by atoms with van der Waals surface area (Å²) < 4.78 is 27.8. The van der Waals surface area contributed by atoms with Gasteiger partial charge in [0.2, 0.25) is 11.9 Å². The zero-order chi connectivity index (χ0) is 29.3. The summed E-state index contributed by atoms with van der Waals surface area (Å²) in [6, 6.07) is 9.64. The Labute approximate surface area is 237 Å². The molecule has 1 saturated heterocycles. The van der Waals surface area contributed by atoms with Crippen LogP contribution in [-0.4, -0.2) is 75.5 Å². The lowest BCUT2D eigenvalue weighted by Gasteiger charge is -2.36. The molecule has 0 amide bonds. The molecule has 0 saturated carbocycles. The first-order chi connectivity index (χ1) is 19.6. The van der Waals surface area contributed by atoms with E-state index in [1.165, 1.54) is 30.1 Å². The van der Waals surface area contributed by atoms with Crippen LogP contribution in [0.1, 0.15) is 27.8 Å². The Balaban J connectivity index is 1.63. The van der Waals surface area contributed by atoms with Crippen LogP contribution in [-0.2, 0) is 0 Å². The van der Waals surface area contributed by atoms with Gasteiger partial charge in [-0.25, -0.2) is 9.97 Å². The van der Waals surface area contributed by atoms with Gasteiger partial charge < -0.3 is 25.6 Å². The molecule has 0 unspecified atom stereocenters. The van der Waals surface area contributed by atoms with Crippen LogP contribution in [0.25, 0.3) is 22.9 Å². The number of rotatable bonds is 6. The number of nitrogens with zero attached hydrogens (tertiary/aromatic N) is 6. The van der Waals surface area contributed by atoms with Crippen molar-refractivity contribution in [3.05, 3.63) is 88.5 Å². The highest BCUT2D eigenvalue weighted by Crippen LogP contribution is 2.34. The third-order valence-electron chi connectivity index (χ3n) is 7.27. The summed E-state index contributed by atoms with van der Waals surface area (Å²) in [5, 5.41) is 28.3. The van der Waals surface area contributed by atoms with E-state index in [1.807, 2.05) is 0 Å². The Hall–Kier alpha value is -4.26. The van der Waals surface area contributed by atoms with Crippen LogP contribution >= 0.6 is 0 Å². The van der Waals surface area contributed by atoms with E-state index in [0.717, 1.165) is 55.1 Å². The number of likely N-dealkylation sites (N-methyl/N-ethyl adjacent to an activating group) is 1. The molecule has 0 atom stereocenters. The van der Waals surface area contributed by atoms with E-state index in [4.69, 9.17) is 5.73 Å². The van der Waals surface area contributed by atoms with Gasteiger partial charge in [-0.3, -0.25) is 0 Å². The SMILES string of the molecule is Cc1cc(-c2cc(/C(=C/c3cc(F)ncc3B(O)O)c3ccc(F)nc3)c(N)nn2)cc(C)c1N1CCN(C)CC1. The summed E-state index contributed by atoms with van der Waals surface area (Å²) >= 11 is 0. The largest absolute Gasteiger partial charge is 0.490 e. The van der Waals surface area contributed by atoms with Gasteiger partial charge in [-0.05, 0) is 79.6 Å². The molecule has 1 aromatic carbocycles. The maximum atomic E-state index is 14.1. The highest BCUT2D eigenvalue weighted by atomic mass is 19.1. The molecule has 1 aliphatic heterocycles. The standard InChI is InChI=1S/C29H30BF2N7O2/c1-17-10-21(11-18(2)28(17)39-8-6-38(3)7-9-39)25-14-23(29(33)37-36-25)22(19-4-5-26(31)34-15-19)12-20-13-27(32)35-16-24(20)30(40)41/h4-5,10-16,40-41H,6-9H2,1-3H3,(H2,33,37)/b22-12+. The van der Waals surface area contributed by atoms with E-state index in [1.54, 1.807) is 6.07 Å². The monoisotopic (exact) mass is 557 g/mol. The number of nitrogen functional groups attached to an aromatic ring is 1. The molecule has 1 fully saturated rings. The lowest BCUT2D eigenvalue weighted by Crippen LogP contribution is -2.45. The van der Waals surface area contributed by atoms with E-state index in [9.17, 15) is 18.8 Å². The Morgan fingerprint density at radius 3 is 2.24 bits per heavy atom. The lowest BCUT2D eigenvalue weighted by atomic mass is 9.77. The number of nitrogens with two attached hydrogens (primary N) is 1. The van der Waals surface area contributed by atoms with Crippen LogP contribution in [0.4, 0.5) is 20.3 Å². The van der Waals surface area contributed by atoms with Crippen molar-refractivity contribution < 1.29 is 18.8 Å². The smallest absolute Gasteiger partial charge is 0.423 e. The molecule has 12 heteroatoms. The van der Waals surface area contributed by atoms with E-state index in [2.05, 4.69) is 63.0 Å². The molecule has 0 bridgehead atoms. The average Bonchev–Trinajstić information content (AvgIpc) is 2.93. The number of aryl methyl sites for hydroxylation is 2. The molecular formula is C29H30BF2N7O2. The molecule has 41 heavy (non-hydrogen) atoms. The second-order valence-electron chi connectivity index (χ2n) is 10.2. The molecule has 0 spiro atoms. The van der Waals surface area contributed by atoms with E-state index in [-0.39, 0.29) is 16.8 Å². The Morgan fingerprint density at radius 1 is 0.927 bits per heavy atom. The highest BCUT2D eigenvalue weighted by Gasteiger charge is 2.21. The van der Waals surface area contributed by atoms with Crippen molar-refractivity contribution in [2.75, 3.05) is 43.9 Å². The van der Waals surface area contributed by atoms with Gasteiger partial charge in [0.1, 0.15) is 0 Å².